The molecule has 2 aromatic carbocycles. The molecule has 0 saturated carbocycles. The van der Waals surface area contributed by atoms with Crippen molar-refractivity contribution in [3.8, 4) is 0 Å². The fraction of sp³-hybridized carbons (Fsp3) is 0.391. The molecule has 1 saturated heterocycles. The maximum Gasteiger partial charge on any atom is 0.243 e. The molecule has 0 aromatic heterocycles. The van der Waals surface area contributed by atoms with E-state index in [-0.39, 0.29) is 29.7 Å². The number of benzene rings is 2. The topological polar surface area (TPSA) is 86.8 Å². The van der Waals surface area contributed by atoms with Gasteiger partial charge >= 0.3 is 0 Å². The molecule has 0 atom stereocenters. The van der Waals surface area contributed by atoms with E-state index >= 15 is 0 Å². The number of nitrogens with one attached hydrogen (secondary N) is 1. The Morgan fingerprint density at radius 1 is 1.00 bits per heavy atom. The van der Waals surface area contributed by atoms with Gasteiger partial charge in [0.2, 0.25) is 21.8 Å². The van der Waals surface area contributed by atoms with Gasteiger partial charge in [0, 0.05) is 31.7 Å². The summed E-state index contributed by atoms with van der Waals surface area (Å²) in [5.41, 5.74) is 2.54. The lowest BCUT2D eigenvalue weighted by Crippen LogP contribution is -2.43. The van der Waals surface area contributed by atoms with Crippen LogP contribution in [0.4, 0.5) is 5.69 Å². The van der Waals surface area contributed by atoms with Crippen LogP contribution in [-0.2, 0) is 32.5 Å². The van der Waals surface area contributed by atoms with Gasteiger partial charge in [-0.05, 0) is 55.0 Å². The van der Waals surface area contributed by atoms with Gasteiger partial charge in [-0.25, -0.2) is 8.42 Å². The van der Waals surface area contributed by atoms with E-state index in [0.29, 0.717) is 31.7 Å². The largest absolute Gasteiger partial charge is 0.354 e. The monoisotopic (exact) mass is 441 g/mol. The van der Waals surface area contributed by atoms with Crippen LogP contribution in [0.25, 0.3) is 0 Å². The third-order valence-corrected chi connectivity index (χ3v) is 7.73. The normalized spacial score (nSPS) is 16.9. The van der Waals surface area contributed by atoms with Crippen LogP contribution in [0.2, 0.25) is 0 Å². The van der Waals surface area contributed by atoms with Crippen molar-refractivity contribution in [2.45, 2.75) is 37.0 Å². The van der Waals surface area contributed by atoms with Crippen LogP contribution < -0.4 is 10.2 Å². The first-order valence-corrected chi connectivity index (χ1v) is 12.1. The number of nitrogens with zero attached hydrogens (tertiary/aromatic N) is 2. The Balaban J connectivity index is 1.44. The highest BCUT2D eigenvalue weighted by Crippen LogP contribution is 2.31. The third kappa shape index (κ3) is 4.80. The molecule has 1 N–H and O–H groups in total. The quantitative estimate of drug-likeness (QED) is 0.713. The summed E-state index contributed by atoms with van der Waals surface area (Å²) in [5.74, 6) is -0.355. The zero-order chi connectivity index (χ0) is 21.8. The Hall–Kier alpha value is -2.71. The second-order valence-electron chi connectivity index (χ2n) is 7.97. The van der Waals surface area contributed by atoms with Crippen molar-refractivity contribution in [3.63, 3.8) is 0 Å². The van der Waals surface area contributed by atoms with Crippen LogP contribution in [0, 0.1) is 0 Å². The first-order chi connectivity index (χ1) is 14.9. The van der Waals surface area contributed by atoms with Crippen LogP contribution >= 0.6 is 0 Å². The van der Waals surface area contributed by atoms with Crippen molar-refractivity contribution >= 4 is 27.5 Å². The van der Waals surface area contributed by atoms with Gasteiger partial charge in [-0.2, -0.15) is 4.31 Å². The van der Waals surface area contributed by atoms with Gasteiger partial charge in [0.1, 0.15) is 6.54 Å². The van der Waals surface area contributed by atoms with Crippen LogP contribution in [0.3, 0.4) is 0 Å². The van der Waals surface area contributed by atoms with E-state index in [4.69, 9.17) is 0 Å². The molecule has 0 spiro atoms. The number of rotatable bonds is 7. The van der Waals surface area contributed by atoms with Crippen molar-refractivity contribution in [3.05, 3.63) is 59.7 Å². The Morgan fingerprint density at radius 2 is 1.74 bits per heavy atom. The molecule has 0 bridgehead atoms. The molecule has 2 aliphatic rings. The zero-order valence-electron chi connectivity index (χ0n) is 17.4. The number of carbonyl (C=O) groups is 2. The summed E-state index contributed by atoms with van der Waals surface area (Å²) in [4.78, 5) is 26.7. The summed E-state index contributed by atoms with van der Waals surface area (Å²) in [6.45, 7) is 1.52. The number of hydrogen-bond donors (Lipinski definition) is 1. The Labute approximate surface area is 183 Å². The number of amides is 2. The fourth-order valence-electron chi connectivity index (χ4n) is 4.14. The minimum absolute atomic E-state index is 0.0706. The zero-order valence-corrected chi connectivity index (χ0v) is 18.2. The summed E-state index contributed by atoms with van der Waals surface area (Å²) in [6.07, 6.45) is 3.22. The number of fused-ring (bicyclic) bond motifs is 1. The van der Waals surface area contributed by atoms with E-state index in [2.05, 4.69) is 5.32 Å². The Kier molecular flexibility index (Phi) is 6.38. The molecule has 1 fully saturated rings. The van der Waals surface area contributed by atoms with Gasteiger partial charge in [-0.3, -0.25) is 9.59 Å². The molecule has 4 rings (SSSR count). The van der Waals surface area contributed by atoms with E-state index in [1.807, 2.05) is 30.3 Å². The average Bonchev–Trinajstić information content (AvgIpc) is 3.32. The summed E-state index contributed by atoms with van der Waals surface area (Å²) >= 11 is 0. The summed E-state index contributed by atoms with van der Waals surface area (Å²) in [5, 5.41) is 2.87. The number of anilines is 1. The van der Waals surface area contributed by atoms with Crippen LogP contribution in [0.1, 0.15) is 30.4 Å². The predicted molar refractivity (Wildman–Crippen MR) is 118 cm³/mol. The van der Waals surface area contributed by atoms with Crippen LogP contribution in [-0.4, -0.2) is 50.7 Å². The molecule has 7 nitrogen and oxygen atoms in total. The number of carbonyl (C=O) groups excluding carboxylic acids is 2. The second-order valence-corrected chi connectivity index (χ2v) is 9.91. The van der Waals surface area contributed by atoms with Crippen molar-refractivity contribution in [2.75, 3.05) is 31.1 Å². The number of hydrogen-bond acceptors (Lipinski definition) is 4. The molecule has 2 aromatic rings. The highest BCUT2D eigenvalue weighted by molar-refractivity contribution is 7.89. The molecular formula is C23H27N3O4S. The lowest BCUT2D eigenvalue weighted by Gasteiger charge is -2.29. The minimum Gasteiger partial charge on any atom is -0.354 e. The maximum absolute atomic E-state index is 12.9. The first-order valence-electron chi connectivity index (χ1n) is 10.7. The van der Waals surface area contributed by atoms with Crippen molar-refractivity contribution in [1.29, 1.82) is 0 Å². The second kappa shape index (κ2) is 9.20. The van der Waals surface area contributed by atoms with E-state index in [1.165, 1.54) is 9.21 Å². The fourth-order valence-corrected chi connectivity index (χ4v) is 5.71. The molecule has 2 amide bonds. The van der Waals surface area contributed by atoms with E-state index < -0.39 is 10.0 Å². The standard InChI is InChI=1S/C23H27N3O4S/c27-22(24-13-12-18-6-2-1-3-7-18)17-26-21-10-9-20(16-19(21)8-11-23(26)28)31(29,30)25-14-4-5-15-25/h1-3,6-7,9-10,16H,4-5,8,11-15,17H2,(H,24,27). The van der Waals surface area contributed by atoms with Gasteiger partial charge < -0.3 is 10.2 Å². The molecule has 164 valence electrons. The van der Waals surface area contributed by atoms with Crippen molar-refractivity contribution in [2.24, 2.45) is 0 Å². The summed E-state index contributed by atoms with van der Waals surface area (Å²) in [7, 11) is -3.51. The van der Waals surface area contributed by atoms with E-state index in [0.717, 1.165) is 30.4 Å². The predicted octanol–water partition coefficient (Wildman–Crippen LogP) is 2.11. The summed E-state index contributed by atoms with van der Waals surface area (Å²) in [6, 6.07) is 14.7. The Bertz CT molecular complexity index is 1060. The van der Waals surface area contributed by atoms with E-state index in [9.17, 15) is 18.0 Å². The highest BCUT2D eigenvalue weighted by Gasteiger charge is 2.30. The molecule has 31 heavy (non-hydrogen) atoms. The van der Waals surface area contributed by atoms with Gasteiger partial charge in [0.25, 0.3) is 0 Å². The number of aryl methyl sites for hydroxylation is 1. The van der Waals surface area contributed by atoms with E-state index in [1.54, 1.807) is 18.2 Å². The van der Waals surface area contributed by atoms with Gasteiger partial charge in [0.05, 0.1) is 4.90 Å². The minimum atomic E-state index is -3.51. The van der Waals surface area contributed by atoms with Crippen LogP contribution in [0.15, 0.2) is 53.4 Å². The average molecular weight is 442 g/mol. The molecule has 0 aliphatic carbocycles. The van der Waals surface area contributed by atoms with Crippen molar-refractivity contribution < 1.29 is 18.0 Å². The van der Waals surface area contributed by atoms with Gasteiger partial charge in [-0.15, -0.1) is 0 Å². The molecule has 0 radical (unpaired) electrons. The van der Waals surface area contributed by atoms with Gasteiger partial charge in [0.15, 0.2) is 0 Å². The lowest BCUT2D eigenvalue weighted by molar-refractivity contribution is -0.124. The molecule has 0 unspecified atom stereocenters. The Morgan fingerprint density at radius 3 is 2.48 bits per heavy atom. The van der Waals surface area contributed by atoms with Gasteiger partial charge in [-0.1, -0.05) is 30.3 Å². The molecule has 2 aliphatic heterocycles. The lowest BCUT2D eigenvalue weighted by atomic mass is 10.0. The van der Waals surface area contributed by atoms with Crippen LogP contribution in [0.5, 0.6) is 0 Å². The maximum atomic E-state index is 12.9. The third-order valence-electron chi connectivity index (χ3n) is 5.83. The molecule has 8 heteroatoms. The SMILES string of the molecule is O=C(CN1C(=O)CCc2cc(S(=O)(=O)N3CCCC3)ccc21)NCCc1ccccc1. The van der Waals surface area contributed by atoms with Crippen molar-refractivity contribution in [1.82, 2.24) is 9.62 Å². The highest BCUT2D eigenvalue weighted by atomic mass is 32.2. The molecule has 2 heterocycles. The summed E-state index contributed by atoms with van der Waals surface area (Å²) < 4.78 is 27.2. The first kappa shape index (κ1) is 21.5. The number of sulfonamides is 1. The smallest absolute Gasteiger partial charge is 0.243 e. The molecular weight excluding hydrogens is 414 g/mol.